The Balaban J connectivity index is 1.23. The van der Waals surface area contributed by atoms with Crippen LogP contribution in [0, 0.1) is 12.8 Å². The predicted molar refractivity (Wildman–Crippen MR) is 139 cm³/mol. The van der Waals surface area contributed by atoms with Crippen molar-refractivity contribution in [2.24, 2.45) is 5.92 Å². The van der Waals surface area contributed by atoms with Gasteiger partial charge in [0.05, 0.1) is 10.9 Å². The molecule has 2 fully saturated rings. The number of hydrogen-bond acceptors (Lipinski definition) is 5. The molecule has 1 saturated carbocycles. The number of anilines is 1. The van der Waals surface area contributed by atoms with E-state index in [9.17, 15) is 9.59 Å². The van der Waals surface area contributed by atoms with Crippen molar-refractivity contribution in [2.75, 3.05) is 12.3 Å². The summed E-state index contributed by atoms with van der Waals surface area (Å²) in [6, 6.07) is 21.8. The number of nitrogen functional groups attached to an aromatic ring is 1. The van der Waals surface area contributed by atoms with Crippen LogP contribution in [0.25, 0.3) is 21.2 Å². The quantitative estimate of drug-likeness (QED) is 0.424. The zero-order valence-corrected chi connectivity index (χ0v) is 20.2. The van der Waals surface area contributed by atoms with Gasteiger partial charge in [-0.1, -0.05) is 77.6 Å². The van der Waals surface area contributed by atoms with Crippen molar-refractivity contribution >= 4 is 39.1 Å². The number of nitrogens with one attached hydrogen (secondary N) is 1. The van der Waals surface area contributed by atoms with Crippen molar-refractivity contribution in [3.8, 4) is 10.4 Å². The van der Waals surface area contributed by atoms with Crippen molar-refractivity contribution < 1.29 is 9.59 Å². The lowest BCUT2D eigenvalue weighted by molar-refractivity contribution is 0.0685. The second-order valence-electron chi connectivity index (χ2n) is 9.50. The Morgan fingerprint density at radius 1 is 1.09 bits per heavy atom. The second-order valence-corrected chi connectivity index (χ2v) is 10.5. The Morgan fingerprint density at radius 2 is 1.89 bits per heavy atom. The molecule has 0 spiro atoms. The lowest BCUT2D eigenvalue weighted by Gasteiger charge is -2.27. The summed E-state index contributed by atoms with van der Waals surface area (Å²) in [5.74, 6) is 0.286. The lowest BCUT2D eigenvalue weighted by atomic mass is 10.0. The molecule has 4 aromatic rings. The average Bonchev–Trinajstić information content (AvgIpc) is 3.35. The van der Waals surface area contributed by atoms with E-state index in [0.29, 0.717) is 28.9 Å². The van der Waals surface area contributed by atoms with Crippen molar-refractivity contribution in [2.45, 2.75) is 31.8 Å². The van der Waals surface area contributed by atoms with Crippen LogP contribution in [-0.2, 0) is 0 Å². The first-order valence-electron chi connectivity index (χ1n) is 11.9. The maximum Gasteiger partial charge on any atom is 0.274 e. The molecular formula is C28H26N4O2S. The molecule has 2 aliphatic rings. The van der Waals surface area contributed by atoms with Crippen molar-refractivity contribution in [3.63, 3.8) is 0 Å². The highest BCUT2D eigenvalue weighted by Crippen LogP contribution is 2.49. The molecule has 1 aliphatic heterocycles. The van der Waals surface area contributed by atoms with Crippen LogP contribution < -0.4 is 11.1 Å². The minimum Gasteiger partial charge on any atom is -0.375 e. The van der Waals surface area contributed by atoms with Crippen molar-refractivity contribution in [1.82, 2.24) is 15.2 Å². The Bertz CT molecular complexity index is 1460. The van der Waals surface area contributed by atoms with E-state index in [2.05, 4.69) is 16.4 Å². The summed E-state index contributed by atoms with van der Waals surface area (Å²) in [4.78, 5) is 34.1. The normalized spacial score (nSPS) is 20.6. The molecular weight excluding hydrogens is 456 g/mol. The van der Waals surface area contributed by atoms with Crippen molar-refractivity contribution in [3.05, 3.63) is 83.6 Å². The van der Waals surface area contributed by atoms with E-state index in [0.717, 1.165) is 39.6 Å². The summed E-state index contributed by atoms with van der Waals surface area (Å²) in [6.45, 7) is 2.44. The average molecular weight is 483 g/mol. The van der Waals surface area contributed by atoms with E-state index >= 15 is 0 Å². The van der Waals surface area contributed by atoms with Gasteiger partial charge in [-0.05, 0) is 48.1 Å². The second kappa shape index (κ2) is 8.50. The monoisotopic (exact) mass is 482 g/mol. The topological polar surface area (TPSA) is 88.3 Å². The fourth-order valence-corrected chi connectivity index (χ4v) is 6.19. The molecule has 1 saturated heterocycles. The molecule has 1 aliphatic carbocycles. The molecule has 1 aromatic heterocycles. The highest BCUT2D eigenvalue weighted by atomic mass is 32.1. The summed E-state index contributed by atoms with van der Waals surface area (Å²) < 4.78 is 0. The number of carbonyl (C=O) groups excluding carboxylic acids is 2. The minimum atomic E-state index is -0.117. The van der Waals surface area contributed by atoms with Crippen LogP contribution in [-0.4, -0.2) is 40.3 Å². The van der Waals surface area contributed by atoms with Crippen molar-refractivity contribution in [1.29, 1.82) is 0 Å². The fourth-order valence-electron chi connectivity index (χ4n) is 5.37. The Labute approximate surface area is 207 Å². The number of thiazole rings is 1. The van der Waals surface area contributed by atoms with Crippen LogP contribution in [0.3, 0.4) is 0 Å². The maximum absolute atomic E-state index is 13.8. The number of nitrogens with zero attached hydrogens (tertiary/aromatic N) is 2. The standard InChI is InChI=1S/C28H26N4O2S/c1-16-6-4-9-18(12-16)25-24(31-28(29)35-25)27(34)32-20(13-19-14-23(19)32)15-30-26(33)22-11-5-8-17-7-2-3-10-21(17)22/h2-12,19-20,23H,13-15H2,1H3,(H2,29,31)(H,30,33)/t19-,20+,23+/m1/s1. The zero-order chi connectivity index (χ0) is 24.1. The lowest BCUT2D eigenvalue weighted by Crippen LogP contribution is -2.45. The molecule has 3 atom stereocenters. The summed E-state index contributed by atoms with van der Waals surface area (Å²) in [5, 5.41) is 5.44. The largest absolute Gasteiger partial charge is 0.375 e. The third-order valence-corrected chi connectivity index (χ3v) is 8.04. The van der Waals surface area contributed by atoms with E-state index in [4.69, 9.17) is 5.73 Å². The van der Waals surface area contributed by atoms with Gasteiger partial charge in [0, 0.05) is 18.2 Å². The van der Waals surface area contributed by atoms with Gasteiger partial charge in [0.1, 0.15) is 5.69 Å². The molecule has 0 bridgehead atoms. The number of aromatic nitrogens is 1. The first-order chi connectivity index (χ1) is 17.0. The molecule has 7 heteroatoms. The van der Waals surface area contributed by atoms with Crippen LogP contribution in [0.15, 0.2) is 66.7 Å². The number of carbonyl (C=O) groups is 2. The molecule has 6 nitrogen and oxygen atoms in total. The fraction of sp³-hybridized carbons (Fsp3) is 0.250. The highest BCUT2D eigenvalue weighted by molar-refractivity contribution is 7.19. The summed E-state index contributed by atoms with van der Waals surface area (Å²) in [6.07, 6.45) is 1.91. The van der Waals surface area contributed by atoms with E-state index in [1.54, 1.807) is 0 Å². The van der Waals surface area contributed by atoms with Gasteiger partial charge in [-0.3, -0.25) is 9.59 Å². The zero-order valence-electron chi connectivity index (χ0n) is 19.4. The smallest absolute Gasteiger partial charge is 0.274 e. The summed E-state index contributed by atoms with van der Waals surface area (Å²) >= 11 is 1.35. The molecule has 2 amide bonds. The third kappa shape index (κ3) is 3.96. The van der Waals surface area contributed by atoms with Crippen LogP contribution >= 0.6 is 11.3 Å². The highest BCUT2D eigenvalue weighted by Gasteiger charge is 2.54. The van der Waals surface area contributed by atoms with E-state index in [-0.39, 0.29) is 23.9 Å². The molecule has 35 heavy (non-hydrogen) atoms. The number of rotatable bonds is 5. The van der Waals surface area contributed by atoms with Gasteiger partial charge in [-0.25, -0.2) is 4.98 Å². The molecule has 2 heterocycles. The first kappa shape index (κ1) is 21.8. The Hall–Kier alpha value is -3.71. The van der Waals surface area contributed by atoms with E-state index in [1.165, 1.54) is 11.3 Å². The molecule has 3 N–H and O–H groups in total. The third-order valence-electron chi connectivity index (χ3n) is 7.10. The molecule has 0 unspecified atom stereocenters. The maximum atomic E-state index is 13.8. The van der Waals surface area contributed by atoms with Gasteiger partial charge in [-0.15, -0.1) is 0 Å². The summed E-state index contributed by atoms with van der Waals surface area (Å²) in [5.41, 5.74) is 9.19. The molecule has 3 aromatic carbocycles. The van der Waals surface area contributed by atoms with E-state index < -0.39 is 0 Å². The first-order valence-corrected chi connectivity index (χ1v) is 12.7. The van der Waals surface area contributed by atoms with Gasteiger partial charge >= 0.3 is 0 Å². The van der Waals surface area contributed by atoms with Gasteiger partial charge in [-0.2, -0.15) is 0 Å². The number of aryl methyl sites for hydroxylation is 1. The van der Waals surface area contributed by atoms with E-state index in [1.807, 2.05) is 72.5 Å². The predicted octanol–water partition coefficient (Wildman–Crippen LogP) is 4.89. The molecule has 0 radical (unpaired) electrons. The van der Waals surface area contributed by atoms with Crippen LogP contribution in [0.4, 0.5) is 5.13 Å². The van der Waals surface area contributed by atoms with Gasteiger partial charge < -0.3 is 16.0 Å². The molecule has 6 rings (SSSR count). The number of piperidine rings is 1. The Morgan fingerprint density at radius 3 is 2.74 bits per heavy atom. The van der Waals surface area contributed by atoms with Gasteiger partial charge in [0.15, 0.2) is 5.13 Å². The van der Waals surface area contributed by atoms with Crippen LogP contribution in [0.5, 0.6) is 0 Å². The van der Waals surface area contributed by atoms with Crippen LogP contribution in [0.2, 0.25) is 0 Å². The van der Waals surface area contributed by atoms with Crippen LogP contribution in [0.1, 0.15) is 39.3 Å². The number of hydrogen-bond donors (Lipinski definition) is 2. The number of fused-ring (bicyclic) bond motifs is 2. The number of likely N-dealkylation sites (tertiary alicyclic amines) is 1. The number of nitrogens with two attached hydrogens (primary N) is 1. The summed E-state index contributed by atoms with van der Waals surface area (Å²) in [7, 11) is 0. The Kier molecular flexibility index (Phi) is 5.29. The van der Waals surface area contributed by atoms with Gasteiger partial charge in [0.2, 0.25) is 0 Å². The van der Waals surface area contributed by atoms with Gasteiger partial charge in [0.25, 0.3) is 11.8 Å². The number of amides is 2. The minimum absolute atomic E-state index is 0.0570. The molecule has 176 valence electrons. The SMILES string of the molecule is Cc1cccc(-c2sc(N)nc2C(=O)N2[C@H](CNC(=O)c3cccc4ccccc34)C[C@@H]3C[C@@H]32)c1. The number of benzene rings is 3.